The average Bonchev–Trinajstić information content (AvgIpc) is 3.70. The molecule has 2 unspecified atom stereocenters. The fourth-order valence-corrected chi connectivity index (χ4v) is 6.47. The third kappa shape index (κ3) is 3.80. The van der Waals surface area contributed by atoms with E-state index >= 15 is 0 Å². The normalized spacial score (nSPS) is 23.6. The largest absolute Gasteiger partial charge is 0.467 e. The van der Waals surface area contributed by atoms with Gasteiger partial charge in [0.2, 0.25) is 11.8 Å². The summed E-state index contributed by atoms with van der Waals surface area (Å²) >= 11 is 3.35. The zero-order valence-electron chi connectivity index (χ0n) is 21.8. The van der Waals surface area contributed by atoms with E-state index in [0.717, 1.165) is 16.7 Å². The molecule has 1 aromatic carbocycles. The predicted octanol–water partition coefficient (Wildman–Crippen LogP) is 3.26. The summed E-state index contributed by atoms with van der Waals surface area (Å²) < 4.78 is 7.22. The van der Waals surface area contributed by atoms with Crippen LogP contribution in [0.15, 0.2) is 47.3 Å². The molecule has 8 rings (SSSR count). The van der Waals surface area contributed by atoms with Crippen molar-refractivity contribution in [1.82, 2.24) is 29.6 Å². The van der Waals surface area contributed by atoms with Crippen molar-refractivity contribution in [3.05, 3.63) is 58.6 Å². The molecule has 2 aliphatic heterocycles. The molecule has 1 N–H and O–H groups in total. The minimum absolute atomic E-state index is 0.0740. The summed E-state index contributed by atoms with van der Waals surface area (Å²) in [5, 5.41) is 8.08. The minimum atomic E-state index is -0.538. The Morgan fingerprint density at radius 2 is 1.80 bits per heavy atom. The number of Topliss-reactive ketones (excluding diaryl/α,β-unsaturated/α-hetero) is 1. The third-order valence-electron chi connectivity index (χ3n) is 8.20. The number of rotatable bonds is 7. The van der Waals surface area contributed by atoms with Gasteiger partial charge >= 0.3 is 6.01 Å². The zero-order valence-corrected chi connectivity index (χ0v) is 23.4. The first-order valence-corrected chi connectivity index (χ1v) is 13.7. The van der Waals surface area contributed by atoms with Gasteiger partial charge in [0, 0.05) is 36.3 Å². The van der Waals surface area contributed by atoms with Gasteiger partial charge in [-0.15, -0.1) is 0 Å². The van der Waals surface area contributed by atoms with E-state index in [0.29, 0.717) is 33.2 Å². The van der Waals surface area contributed by atoms with Crippen LogP contribution in [0.25, 0.3) is 22.0 Å². The van der Waals surface area contributed by atoms with Gasteiger partial charge in [0.1, 0.15) is 28.7 Å². The molecule has 202 valence electrons. The van der Waals surface area contributed by atoms with E-state index in [1.54, 1.807) is 22.0 Å². The van der Waals surface area contributed by atoms with Crippen LogP contribution in [-0.4, -0.2) is 66.4 Å². The number of methoxy groups -OCH3 is 1. The molecule has 2 aliphatic carbocycles. The summed E-state index contributed by atoms with van der Waals surface area (Å²) in [5.74, 6) is 0.844. The van der Waals surface area contributed by atoms with Crippen molar-refractivity contribution in [3.8, 4) is 17.1 Å². The molecule has 4 aliphatic rings. The maximum absolute atomic E-state index is 13.7. The number of aryl methyl sites for hydroxylation is 1. The Balaban J connectivity index is 1.16. The number of nitrogens with zero attached hydrogens (tertiary/aromatic N) is 6. The van der Waals surface area contributed by atoms with Crippen LogP contribution in [0.5, 0.6) is 6.01 Å². The SMILES string of the molecule is COc1ncc(-c2ccc3c(c2)c(C(C)=O)nn3CC(=O)N2C3C4[C@H]3[C@@H]4[C@H]2C(=O)Nc2nc(Br)ccc2C)cn1. The van der Waals surface area contributed by atoms with E-state index in [2.05, 4.69) is 41.3 Å². The fourth-order valence-electron chi connectivity index (χ4n) is 6.16. The van der Waals surface area contributed by atoms with E-state index in [1.807, 2.05) is 37.3 Å². The maximum atomic E-state index is 13.7. The third-order valence-corrected chi connectivity index (χ3v) is 8.64. The van der Waals surface area contributed by atoms with Crippen molar-refractivity contribution in [1.29, 1.82) is 0 Å². The number of carbonyl (C=O) groups excluding carboxylic acids is 3. The number of ether oxygens (including phenoxy) is 1. The van der Waals surface area contributed by atoms with Crippen LogP contribution in [0.1, 0.15) is 23.0 Å². The molecule has 4 fully saturated rings. The van der Waals surface area contributed by atoms with E-state index in [1.165, 1.54) is 14.0 Å². The Bertz CT molecular complexity index is 1730. The summed E-state index contributed by atoms with van der Waals surface area (Å²) in [5.41, 5.74) is 3.34. The monoisotopic (exact) mass is 601 g/mol. The highest BCUT2D eigenvalue weighted by molar-refractivity contribution is 9.10. The molecule has 5 heterocycles. The quantitative estimate of drug-likeness (QED) is 0.252. The number of fused-ring (bicyclic) bond motifs is 2. The molecule has 12 heteroatoms. The van der Waals surface area contributed by atoms with Crippen molar-refractivity contribution in [2.45, 2.75) is 32.5 Å². The number of pyridine rings is 1. The lowest BCUT2D eigenvalue weighted by Crippen LogP contribution is -2.45. The molecule has 2 saturated carbocycles. The van der Waals surface area contributed by atoms with Crippen LogP contribution < -0.4 is 10.1 Å². The minimum Gasteiger partial charge on any atom is -0.467 e. The molecule has 3 aromatic heterocycles. The van der Waals surface area contributed by atoms with Gasteiger partial charge in [0.25, 0.3) is 0 Å². The molecule has 2 amide bonds. The number of hydrogen-bond acceptors (Lipinski definition) is 8. The van der Waals surface area contributed by atoms with Crippen LogP contribution in [0.4, 0.5) is 5.82 Å². The Morgan fingerprint density at radius 1 is 1.05 bits per heavy atom. The lowest BCUT2D eigenvalue weighted by molar-refractivity contribution is -0.137. The summed E-state index contributed by atoms with van der Waals surface area (Å²) in [6, 6.07) is 9.07. The predicted molar refractivity (Wildman–Crippen MR) is 148 cm³/mol. The molecule has 4 aromatic rings. The standard InChI is InChI=1S/C28H24BrN7O4/c1-12-4-7-18(29)32-26(12)33-27(39)25-22-20-21(22)24(20)36(25)19(38)11-35-17-6-5-14(8-16(17)23(34-35)13(2)37)15-9-30-28(40-3)31-10-15/h4-10,20-22,24-25H,11H2,1-3H3,(H,32,33,39)/t20-,21?,22-,24?,25-/m0/s1. The van der Waals surface area contributed by atoms with Crippen LogP contribution in [0, 0.1) is 24.7 Å². The number of halogens is 1. The van der Waals surface area contributed by atoms with Gasteiger partial charge in [-0.25, -0.2) is 15.0 Å². The van der Waals surface area contributed by atoms with Crippen molar-refractivity contribution >= 4 is 50.2 Å². The zero-order chi connectivity index (χ0) is 27.9. The lowest BCUT2D eigenvalue weighted by Gasteiger charge is -2.24. The number of amides is 2. The van der Waals surface area contributed by atoms with Gasteiger partial charge in [-0.3, -0.25) is 19.1 Å². The second kappa shape index (κ2) is 8.91. The van der Waals surface area contributed by atoms with Gasteiger partial charge in [-0.1, -0.05) is 12.1 Å². The van der Waals surface area contributed by atoms with E-state index in [9.17, 15) is 14.4 Å². The Morgan fingerprint density at radius 3 is 2.50 bits per heavy atom. The average molecular weight is 602 g/mol. The van der Waals surface area contributed by atoms with Gasteiger partial charge in [0.15, 0.2) is 5.78 Å². The highest BCUT2D eigenvalue weighted by Gasteiger charge is 2.86. The fraction of sp³-hybridized carbons (Fsp3) is 0.321. The summed E-state index contributed by atoms with van der Waals surface area (Å²) in [6.07, 6.45) is 3.29. The summed E-state index contributed by atoms with van der Waals surface area (Å²) in [6.45, 7) is 3.25. The highest BCUT2D eigenvalue weighted by atomic mass is 79.9. The highest BCUT2D eigenvalue weighted by Crippen LogP contribution is 2.78. The molecule has 0 radical (unpaired) electrons. The number of anilines is 1. The Hall–Kier alpha value is -4.19. The number of benzene rings is 1. The number of ketones is 1. The molecule has 40 heavy (non-hydrogen) atoms. The van der Waals surface area contributed by atoms with Crippen LogP contribution >= 0.6 is 15.9 Å². The first-order valence-electron chi connectivity index (χ1n) is 12.9. The Labute approximate surface area is 237 Å². The van der Waals surface area contributed by atoms with E-state index < -0.39 is 6.04 Å². The van der Waals surface area contributed by atoms with E-state index in [-0.39, 0.29) is 47.8 Å². The van der Waals surface area contributed by atoms with E-state index in [4.69, 9.17) is 4.74 Å². The van der Waals surface area contributed by atoms with Gasteiger partial charge in [-0.05, 0) is 69.9 Å². The molecular weight excluding hydrogens is 578 g/mol. The van der Waals surface area contributed by atoms with Crippen molar-refractivity contribution in [3.63, 3.8) is 0 Å². The first-order chi connectivity index (χ1) is 19.3. The van der Waals surface area contributed by atoms with Crippen molar-refractivity contribution in [2.24, 2.45) is 17.8 Å². The van der Waals surface area contributed by atoms with Crippen molar-refractivity contribution in [2.75, 3.05) is 12.4 Å². The topological polar surface area (TPSA) is 132 Å². The number of hydrogen-bond donors (Lipinski definition) is 1. The first kappa shape index (κ1) is 24.8. The second-order valence-corrected chi connectivity index (χ2v) is 11.3. The summed E-state index contributed by atoms with van der Waals surface area (Å²) in [4.78, 5) is 54.0. The molecule has 11 nitrogen and oxygen atoms in total. The number of carbonyl (C=O) groups is 3. The van der Waals surface area contributed by atoms with Gasteiger partial charge < -0.3 is 15.0 Å². The lowest BCUT2D eigenvalue weighted by atomic mass is 10.0. The molecule has 2 bridgehead atoms. The Kier molecular flexibility index (Phi) is 5.53. The number of aromatic nitrogens is 5. The number of piperidine rings is 1. The maximum Gasteiger partial charge on any atom is 0.316 e. The molecule has 5 atom stereocenters. The molecule has 2 saturated heterocycles. The van der Waals surface area contributed by atoms with Gasteiger partial charge in [-0.2, -0.15) is 5.10 Å². The molecule has 0 spiro atoms. The van der Waals surface area contributed by atoms with Gasteiger partial charge in [0.05, 0.1) is 12.6 Å². The number of nitrogens with one attached hydrogen (secondary N) is 1. The van der Waals surface area contributed by atoms with Crippen molar-refractivity contribution < 1.29 is 19.1 Å². The van der Waals surface area contributed by atoms with Crippen LogP contribution in [-0.2, 0) is 16.1 Å². The summed E-state index contributed by atoms with van der Waals surface area (Å²) in [7, 11) is 1.50. The second-order valence-electron chi connectivity index (χ2n) is 10.5. The van der Waals surface area contributed by atoms with Crippen LogP contribution in [0.3, 0.4) is 0 Å². The molecular formula is C28H24BrN7O4. The van der Waals surface area contributed by atoms with Crippen LogP contribution in [0.2, 0.25) is 0 Å². The smallest absolute Gasteiger partial charge is 0.316 e.